The Labute approximate surface area is 157 Å². The number of imide groups is 1. The van der Waals surface area contributed by atoms with E-state index in [2.05, 4.69) is 0 Å². The summed E-state index contributed by atoms with van der Waals surface area (Å²) in [6.07, 6.45) is 3.51. The first-order valence-electron chi connectivity index (χ1n) is 8.70. The molecule has 0 aromatic heterocycles. The zero-order valence-electron chi connectivity index (χ0n) is 14.7. The van der Waals surface area contributed by atoms with Crippen molar-refractivity contribution in [2.24, 2.45) is 0 Å². The van der Waals surface area contributed by atoms with Gasteiger partial charge in [0.15, 0.2) is 0 Å². The average Bonchev–Trinajstić information content (AvgIpc) is 2.93. The standard InChI is InChI=1S/C21H21NO3S/c1-2-3-13-22-20(23)19(26-21(22)24)14-17-11-7-8-12-18(17)25-15-16-9-5-4-6-10-16/h4-12,14H,2-3,13,15H2,1H3/b19-14-. The van der Waals surface area contributed by atoms with Gasteiger partial charge in [-0.2, -0.15) is 0 Å². The number of para-hydroxylation sites is 1. The predicted octanol–water partition coefficient (Wildman–Crippen LogP) is 5.10. The van der Waals surface area contributed by atoms with Gasteiger partial charge >= 0.3 is 0 Å². The van der Waals surface area contributed by atoms with Crippen molar-refractivity contribution in [3.63, 3.8) is 0 Å². The molecule has 1 fully saturated rings. The number of benzene rings is 2. The van der Waals surface area contributed by atoms with Crippen molar-refractivity contribution in [2.45, 2.75) is 26.4 Å². The Morgan fingerprint density at radius 3 is 2.54 bits per heavy atom. The van der Waals surface area contributed by atoms with Gasteiger partial charge in [0.25, 0.3) is 11.1 Å². The molecule has 0 radical (unpaired) electrons. The summed E-state index contributed by atoms with van der Waals surface area (Å²) in [5.41, 5.74) is 1.87. The summed E-state index contributed by atoms with van der Waals surface area (Å²) >= 11 is 0.993. The first kappa shape index (κ1) is 18.3. The van der Waals surface area contributed by atoms with E-state index in [0.717, 1.165) is 35.7 Å². The molecule has 1 saturated heterocycles. The largest absolute Gasteiger partial charge is 0.488 e. The fourth-order valence-electron chi connectivity index (χ4n) is 2.62. The van der Waals surface area contributed by atoms with Gasteiger partial charge in [-0.25, -0.2) is 0 Å². The van der Waals surface area contributed by atoms with Gasteiger partial charge in [0, 0.05) is 12.1 Å². The maximum absolute atomic E-state index is 12.5. The van der Waals surface area contributed by atoms with Gasteiger partial charge in [-0.1, -0.05) is 61.9 Å². The fourth-order valence-corrected chi connectivity index (χ4v) is 3.47. The van der Waals surface area contributed by atoms with E-state index in [1.54, 1.807) is 6.08 Å². The third-order valence-corrected chi connectivity index (χ3v) is 4.96. The number of rotatable bonds is 7. The summed E-state index contributed by atoms with van der Waals surface area (Å²) in [6, 6.07) is 17.5. The van der Waals surface area contributed by atoms with Crippen LogP contribution in [0.15, 0.2) is 59.5 Å². The second-order valence-corrected chi connectivity index (χ2v) is 6.99. The Morgan fingerprint density at radius 1 is 1.04 bits per heavy atom. The zero-order valence-corrected chi connectivity index (χ0v) is 15.5. The smallest absolute Gasteiger partial charge is 0.293 e. The summed E-state index contributed by atoms with van der Waals surface area (Å²) in [4.78, 5) is 26.3. The van der Waals surface area contributed by atoms with E-state index in [1.165, 1.54) is 4.90 Å². The number of unbranched alkanes of at least 4 members (excludes halogenated alkanes) is 1. The van der Waals surface area contributed by atoms with Crippen LogP contribution in [0, 0.1) is 0 Å². The molecular weight excluding hydrogens is 346 g/mol. The van der Waals surface area contributed by atoms with E-state index in [1.807, 2.05) is 61.5 Å². The fraction of sp³-hybridized carbons (Fsp3) is 0.238. The van der Waals surface area contributed by atoms with Gasteiger partial charge in [0.05, 0.1) is 4.91 Å². The van der Waals surface area contributed by atoms with E-state index < -0.39 is 0 Å². The number of hydrogen-bond acceptors (Lipinski definition) is 4. The molecule has 2 aromatic carbocycles. The number of amides is 2. The van der Waals surface area contributed by atoms with Crippen molar-refractivity contribution in [3.05, 3.63) is 70.6 Å². The first-order valence-corrected chi connectivity index (χ1v) is 9.52. The highest BCUT2D eigenvalue weighted by Gasteiger charge is 2.34. The SMILES string of the molecule is CCCCN1C(=O)S/C(=C\c2ccccc2OCc2ccccc2)C1=O. The summed E-state index contributed by atoms with van der Waals surface area (Å²) < 4.78 is 5.92. The van der Waals surface area contributed by atoms with Gasteiger partial charge in [0.2, 0.25) is 0 Å². The molecule has 0 N–H and O–H groups in total. The lowest BCUT2D eigenvalue weighted by Gasteiger charge is -2.11. The molecule has 0 aliphatic carbocycles. The van der Waals surface area contributed by atoms with Crippen molar-refractivity contribution >= 4 is 29.0 Å². The van der Waals surface area contributed by atoms with E-state index >= 15 is 0 Å². The maximum Gasteiger partial charge on any atom is 0.293 e. The van der Waals surface area contributed by atoms with Crippen LogP contribution in [-0.2, 0) is 11.4 Å². The van der Waals surface area contributed by atoms with Crippen LogP contribution in [0.4, 0.5) is 4.79 Å². The molecule has 4 nitrogen and oxygen atoms in total. The molecule has 1 aliphatic rings. The molecular formula is C21H21NO3S. The van der Waals surface area contributed by atoms with Gasteiger partial charge in [-0.05, 0) is 35.9 Å². The minimum absolute atomic E-state index is 0.197. The van der Waals surface area contributed by atoms with Crippen LogP contribution in [0.3, 0.4) is 0 Å². The second-order valence-electron chi connectivity index (χ2n) is 6.00. The van der Waals surface area contributed by atoms with Crippen molar-refractivity contribution in [2.75, 3.05) is 6.54 Å². The topological polar surface area (TPSA) is 46.6 Å². The monoisotopic (exact) mass is 367 g/mol. The number of carbonyl (C=O) groups is 2. The number of nitrogens with zero attached hydrogens (tertiary/aromatic N) is 1. The van der Waals surface area contributed by atoms with Crippen LogP contribution in [0.5, 0.6) is 5.75 Å². The molecule has 3 rings (SSSR count). The molecule has 0 unspecified atom stereocenters. The molecule has 5 heteroatoms. The van der Waals surface area contributed by atoms with Crippen LogP contribution < -0.4 is 4.74 Å². The van der Waals surface area contributed by atoms with Gasteiger partial charge in [-0.15, -0.1) is 0 Å². The van der Waals surface area contributed by atoms with Crippen molar-refractivity contribution < 1.29 is 14.3 Å². The normalized spacial score (nSPS) is 15.7. The molecule has 2 amide bonds. The lowest BCUT2D eigenvalue weighted by Crippen LogP contribution is -2.29. The molecule has 134 valence electrons. The Morgan fingerprint density at radius 2 is 1.77 bits per heavy atom. The van der Waals surface area contributed by atoms with E-state index in [0.29, 0.717) is 23.8 Å². The molecule has 1 aliphatic heterocycles. The average molecular weight is 367 g/mol. The zero-order chi connectivity index (χ0) is 18.4. The van der Waals surface area contributed by atoms with Gasteiger partial charge < -0.3 is 4.74 Å². The van der Waals surface area contributed by atoms with Crippen LogP contribution >= 0.6 is 11.8 Å². The lowest BCUT2D eigenvalue weighted by molar-refractivity contribution is -0.122. The minimum atomic E-state index is -0.216. The van der Waals surface area contributed by atoms with Crippen LogP contribution in [-0.4, -0.2) is 22.6 Å². The Balaban J connectivity index is 1.76. The summed E-state index contributed by atoms with van der Waals surface area (Å²) in [7, 11) is 0. The minimum Gasteiger partial charge on any atom is -0.488 e. The highest BCUT2D eigenvalue weighted by atomic mass is 32.2. The molecule has 0 spiro atoms. The highest BCUT2D eigenvalue weighted by Crippen LogP contribution is 2.34. The second kappa shape index (κ2) is 8.72. The van der Waals surface area contributed by atoms with Crippen LogP contribution in [0.25, 0.3) is 6.08 Å². The molecule has 0 saturated carbocycles. The van der Waals surface area contributed by atoms with Crippen LogP contribution in [0.1, 0.15) is 30.9 Å². The molecule has 1 heterocycles. The third-order valence-electron chi connectivity index (χ3n) is 4.05. The first-order chi connectivity index (χ1) is 12.7. The summed E-state index contributed by atoms with van der Waals surface area (Å²) in [5.74, 6) is 0.475. The van der Waals surface area contributed by atoms with Crippen molar-refractivity contribution in [1.29, 1.82) is 0 Å². The molecule has 0 atom stereocenters. The Kier molecular flexibility index (Phi) is 6.12. The number of hydrogen-bond donors (Lipinski definition) is 0. The molecule has 0 bridgehead atoms. The van der Waals surface area contributed by atoms with Gasteiger partial charge in [-0.3, -0.25) is 14.5 Å². The molecule has 2 aromatic rings. The molecule has 26 heavy (non-hydrogen) atoms. The number of thioether (sulfide) groups is 1. The van der Waals surface area contributed by atoms with Crippen molar-refractivity contribution in [1.82, 2.24) is 4.90 Å². The quantitative estimate of drug-likeness (QED) is 0.639. The third kappa shape index (κ3) is 4.35. The number of ether oxygens (including phenoxy) is 1. The van der Waals surface area contributed by atoms with E-state index in [9.17, 15) is 9.59 Å². The van der Waals surface area contributed by atoms with Gasteiger partial charge in [0.1, 0.15) is 12.4 Å². The summed E-state index contributed by atoms with van der Waals surface area (Å²) in [6.45, 7) is 2.96. The predicted molar refractivity (Wildman–Crippen MR) is 105 cm³/mol. The number of carbonyl (C=O) groups excluding carboxylic acids is 2. The van der Waals surface area contributed by atoms with Crippen molar-refractivity contribution in [3.8, 4) is 5.75 Å². The van der Waals surface area contributed by atoms with E-state index in [4.69, 9.17) is 4.74 Å². The highest BCUT2D eigenvalue weighted by molar-refractivity contribution is 8.18. The lowest BCUT2D eigenvalue weighted by atomic mass is 10.1. The summed E-state index contributed by atoms with van der Waals surface area (Å²) in [5, 5.41) is -0.197. The van der Waals surface area contributed by atoms with E-state index in [-0.39, 0.29) is 11.1 Å². The Hall–Kier alpha value is -2.53. The Bertz CT molecular complexity index is 817. The van der Waals surface area contributed by atoms with Crippen LogP contribution in [0.2, 0.25) is 0 Å². The maximum atomic E-state index is 12.5.